The number of benzene rings is 1. The molecule has 0 amide bonds. The minimum absolute atomic E-state index is 0.0681. The van der Waals surface area contributed by atoms with Crippen LogP contribution in [0.25, 0.3) is 0 Å². The van der Waals surface area contributed by atoms with Crippen LogP contribution in [0.3, 0.4) is 0 Å². The van der Waals surface area contributed by atoms with Crippen LogP contribution in [-0.4, -0.2) is 26.2 Å². The Morgan fingerprint density at radius 3 is 2.52 bits per heavy atom. The molecule has 1 aromatic carbocycles. The maximum absolute atomic E-state index is 12.7. The van der Waals surface area contributed by atoms with Gasteiger partial charge in [0.25, 0.3) is 0 Å². The number of hydrogen-bond donors (Lipinski definition) is 2. The molecule has 0 fully saturated rings. The van der Waals surface area contributed by atoms with Crippen molar-refractivity contribution in [3.8, 4) is 0 Å². The number of halogens is 4. The second-order valence-electron chi connectivity index (χ2n) is 4.39. The Labute approximate surface area is 126 Å². The Morgan fingerprint density at radius 1 is 1.38 bits per heavy atom. The van der Waals surface area contributed by atoms with Crippen molar-refractivity contribution in [2.75, 3.05) is 6.54 Å². The number of alkyl halides is 3. The Morgan fingerprint density at radius 2 is 2.00 bits per heavy atom. The van der Waals surface area contributed by atoms with Gasteiger partial charge in [0.05, 0.1) is 21.6 Å². The third-order valence-corrected chi connectivity index (χ3v) is 4.58. The average Bonchev–Trinajstić information content (AvgIpc) is 2.37. The summed E-state index contributed by atoms with van der Waals surface area (Å²) in [5, 5.41) is 8.74. The zero-order valence-electron chi connectivity index (χ0n) is 11.1. The normalized spacial score (nSPS) is 14.2. The molecule has 21 heavy (non-hydrogen) atoms. The first-order chi connectivity index (χ1) is 9.58. The van der Waals surface area contributed by atoms with Gasteiger partial charge in [0, 0.05) is 6.54 Å². The van der Waals surface area contributed by atoms with Crippen LogP contribution in [0.5, 0.6) is 0 Å². The molecule has 0 aliphatic rings. The van der Waals surface area contributed by atoms with Gasteiger partial charge in [-0.3, -0.25) is 0 Å². The highest BCUT2D eigenvalue weighted by Crippen LogP contribution is 2.35. The average molecular weight is 346 g/mol. The number of hydrogen-bond acceptors (Lipinski definition) is 3. The van der Waals surface area contributed by atoms with Crippen molar-refractivity contribution >= 4 is 21.6 Å². The summed E-state index contributed by atoms with van der Waals surface area (Å²) in [5.74, 6) is 0. The van der Waals surface area contributed by atoms with Crippen LogP contribution < -0.4 is 4.72 Å². The molecule has 1 unspecified atom stereocenters. The van der Waals surface area contributed by atoms with Gasteiger partial charge in [-0.2, -0.15) is 13.2 Å². The highest BCUT2D eigenvalue weighted by Gasteiger charge is 2.34. The van der Waals surface area contributed by atoms with E-state index in [1.54, 1.807) is 6.92 Å². The lowest BCUT2D eigenvalue weighted by molar-refractivity contribution is -0.137. The predicted molar refractivity (Wildman–Crippen MR) is 72.6 cm³/mol. The van der Waals surface area contributed by atoms with Gasteiger partial charge in [-0.1, -0.05) is 18.5 Å². The molecular weight excluding hydrogens is 331 g/mol. The monoisotopic (exact) mass is 345 g/mol. The smallest absolute Gasteiger partial charge is 0.393 e. The van der Waals surface area contributed by atoms with E-state index in [0.29, 0.717) is 12.5 Å². The molecule has 0 aliphatic heterocycles. The lowest BCUT2D eigenvalue weighted by Crippen LogP contribution is -2.27. The van der Waals surface area contributed by atoms with Gasteiger partial charge in [0.2, 0.25) is 10.0 Å². The number of sulfonamides is 1. The summed E-state index contributed by atoms with van der Waals surface area (Å²) in [4.78, 5) is -0.523. The first-order valence-corrected chi connectivity index (χ1v) is 7.98. The lowest BCUT2D eigenvalue weighted by atomic mass is 10.2. The third kappa shape index (κ3) is 5.14. The molecule has 120 valence electrons. The van der Waals surface area contributed by atoms with E-state index >= 15 is 0 Å². The van der Waals surface area contributed by atoms with Crippen LogP contribution in [0, 0.1) is 0 Å². The first kappa shape index (κ1) is 18.2. The van der Waals surface area contributed by atoms with Crippen molar-refractivity contribution in [2.45, 2.75) is 36.9 Å². The fourth-order valence-corrected chi connectivity index (χ4v) is 2.83. The molecule has 0 bridgehead atoms. The topological polar surface area (TPSA) is 66.4 Å². The molecule has 1 aromatic rings. The second-order valence-corrected chi connectivity index (χ2v) is 6.56. The summed E-state index contributed by atoms with van der Waals surface area (Å²) in [7, 11) is -4.08. The molecule has 0 radical (unpaired) electrons. The highest BCUT2D eigenvalue weighted by atomic mass is 35.5. The predicted octanol–water partition coefficient (Wildman–Crippen LogP) is 2.80. The minimum Gasteiger partial charge on any atom is -0.393 e. The number of aliphatic hydroxyl groups excluding tert-OH is 1. The van der Waals surface area contributed by atoms with Gasteiger partial charge in [-0.25, -0.2) is 13.1 Å². The maximum Gasteiger partial charge on any atom is 0.417 e. The highest BCUT2D eigenvalue weighted by molar-refractivity contribution is 7.89. The summed E-state index contributed by atoms with van der Waals surface area (Å²) in [6.45, 7) is 1.66. The summed E-state index contributed by atoms with van der Waals surface area (Å²) in [6.07, 6.45) is -4.76. The van der Waals surface area contributed by atoms with E-state index in [2.05, 4.69) is 4.72 Å². The van der Waals surface area contributed by atoms with Crippen molar-refractivity contribution < 1.29 is 26.7 Å². The molecule has 0 saturated heterocycles. The van der Waals surface area contributed by atoms with Crippen LogP contribution in [0.4, 0.5) is 13.2 Å². The zero-order chi connectivity index (χ0) is 16.3. The van der Waals surface area contributed by atoms with Crippen molar-refractivity contribution in [1.82, 2.24) is 4.72 Å². The molecule has 0 spiro atoms. The quantitative estimate of drug-likeness (QED) is 0.833. The van der Waals surface area contributed by atoms with Crippen molar-refractivity contribution in [3.63, 3.8) is 0 Å². The van der Waals surface area contributed by atoms with Crippen LogP contribution in [-0.2, 0) is 16.2 Å². The Kier molecular flexibility index (Phi) is 6.03. The van der Waals surface area contributed by atoms with E-state index in [1.807, 2.05) is 0 Å². The molecule has 2 N–H and O–H groups in total. The van der Waals surface area contributed by atoms with Crippen LogP contribution in [0.15, 0.2) is 23.1 Å². The number of rotatable bonds is 6. The van der Waals surface area contributed by atoms with E-state index in [9.17, 15) is 26.7 Å². The van der Waals surface area contributed by atoms with Gasteiger partial charge in [-0.15, -0.1) is 0 Å². The minimum atomic E-state index is -4.74. The lowest BCUT2D eigenvalue weighted by Gasteiger charge is -2.12. The molecule has 9 heteroatoms. The van der Waals surface area contributed by atoms with Crippen LogP contribution >= 0.6 is 11.6 Å². The van der Waals surface area contributed by atoms with E-state index in [0.717, 1.165) is 12.1 Å². The molecular formula is C12H15ClF3NO3S. The molecule has 0 saturated carbocycles. The summed E-state index contributed by atoms with van der Waals surface area (Å²) >= 11 is 5.43. The van der Waals surface area contributed by atoms with Gasteiger partial charge < -0.3 is 5.11 Å². The van der Waals surface area contributed by atoms with Gasteiger partial charge in [0.1, 0.15) is 0 Å². The Balaban J connectivity index is 2.94. The van der Waals surface area contributed by atoms with Crippen molar-refractivity contribution in [2.24, 2.45) is 0 Å². The molecule has 1 rings (SSSR count). The van der Waals surface area contributed by atoms with E-state index in [1.165, 1.54) is 0 Å². The fraction of sp³-hybridized carbons (Fsp3) is 0.500. The van der Waals surface area contributed by atoms with Gasteiger partial charge >= 0.3 is 6.18 Å². The summed E-state index contributed by atoms with van der Waals surface area (Å²) < 4.78 is 64.0. The van der Waals surface area contributed by atoms with Gasteiger partial charge in [0.15, 0.2) is 0 Å². The second kappa shape index (κ2) is 6.95. The van der Waals surface area contributed by atoms with E-state index in [-0.39, 0.29) is 13.0 Å². The fourth-order valence-electron chi connectivity index (χ4n) is 1.54. The number of nitrogens with one attached hydrogen (secondary N) is 1. The standard InChI is InChI=1S/C12H15ClF3NO3S/c1-2-8(18)5-6-17-21(19,20)9-3-4-11(13)10(7-9)12(14,15)16/h3-4,7-8,17-18H,2,5-6H2,1H3. The Hall–Kier alpha value is -0.830. The first-order valence-electron chi connectivity index (χ1n) is 6.12. The van der Waals surface area contributed by atoms with Crippen LogP contribution in [0.1, 0.15) is 25.3 Å². The molecule has 0 aromatic heterocycles. The summed E-state index contributed by atoms with van der Waals surface area (Å²) in [6, 6.07) is 2.37. The SMILES string of the molecule is CCC(O)CCNS(=O)(=O)c1ccc(Cl)c(C(F)(F)F)c1. The molecule has 0 heterocycles. The largest absolute Gasteiger partial charge is 0.417 e. The molecule has 1 atom stereocenters. The van der Waals surface area contributed by atoms with E-state index in [4.69, 9.17) is 11.6 Å². The van der Waals surface area contributed by atoms with Crippen molar-refractivity contribution in [3.05, 3.63) is 28.8 Å². The van der Waals surface area contributed by atoms with Crippen LogP contribution in [0.2, 0.25) is 5.02 Å². The van der Waals surface area contributed by atoms with Gasteiger partial charge in [-0.05, 0) is 31.0 Å². The number of aliphatic hydroxyl groups is 1. The molecule has 4 nitrogen and oxygen atoms in total. The Bertz CT molecular complexity index is 590. The van der Waals surface area contributed by atoms with Crippen molar-refractivity contribution in [1.29, 1.82) is 0 Å². The molecule has 0 aliphatic carbocycles. The third-order valence-electron chi connectivity index (χ3n) is 2.79. The van der Waals surface area contributed by atoms with E-state index < -0.39 is 37.8 Å². The zero-order valence-corrected chi connectivity index (χ0v) is 12.7. The maximum atomic E-state index is 12.7. The summed E-state index contributed by atoms with van der Waals surface area (Å²) in [5.41, 5.74) is -1.21.